The largest absolute Gasteiger partial charge is 0.512 e. The smallest absolute Gasteiger partial charge is 0.164 e. The average molecular weight is 881 g/mol. The number of ketones is 1. The van der Waals surface area contributed by atoms with E-state index in [9.17, 15) is 9.90 Å². The molecule has 3 aromatic carbocycles. The molecule has 0 unspecified atom stereocenters. The number of aliphatic hydroxyl groups is 1. The maximum absolute atomic E-state index is 12.2. The Balaban J connectivity index is 0.000000289. The number of ether oxygens (including phenoxy) is 1. The first kappa shape index (κ1) is 41.7. The summed E-state index contributed by atoms with van der Waals surface area (Å²) in [5, 5.41) is 14.9. The Bertz CT molecular complexity index is 1880. The van der Waals surface area contributed by atoms with Crippen molar-refractivity contribution >= 4 is 27.3 Å². The van der Waals surface area contributed by atoms with E-state index in [0.29, 0.717) is 5.92 Å². The Hall–Kier alpha value is -3.01. The number of rotatable bonds is 10. The standard InChI is InChI=1S/C32H34NO.C15H28O2.Ir/c1-5-20-10-12-21(13-11-20)24-16-23-14-15-33-30-26-17-22-8-6-7-9-25(22)27(19-32(2,3)4)31(26)34-28(18-24)29(23)30;1-7-14(5,8-2)12(16)11-13(17)15(6,9-3)10-4;/h6-9,14-16,18,20-21H,5,10-13,19H2,1-4H3;11,16H,7-10H2,1-6H3;/q-1;;/b;12-11-;. The van der Waals surface area contributed by atoms with Gasteiger partial charge in [0.05, 0.1) is 5.75 Å². The molecular formula is C47H62IrNO3-. The molecule has 4 nitrogen and oxygen atoms in total. The summed E-state index contributed by atoms with van der Waals surface area (Å²) in [6.45, 7) is 21.3. The van der Waals surface area contributed by atoms with E-state index in [0.717, 1.165) is 71.6 Å². The molecule has 2 heterocycles. The first-order chi connectivity index (χ1) is 24.2. The SMILES string of the molecule is CCC(C)(CC)C(=O)/C=C(\O)C(C)(CC)CC.CCC1CCC(c2cc3c4c(nccc4c2)-c2[c-]c4ccccc4c(CC(C)(C)C)c2O3)CC1.[Ir]. The van der Waals surface area contributed by atoms with Gasteiger partial charge >= 0.3 is 0 Å². The van der Waals surface area contributed by atoms with Crippen molar-refractivity contribution < 1.29 is 34.7 Å². The predicted octanol–water partition coefficient (Wildman–Crippen LogP) is 13.9. The fourth-order valence-corrected chi connectivity index (χ4v) is 7.81. The number of aliphatic hydroxyl groups excluding tert-OH is 1. The second kappa shape index (κ2) is 17.0. The molecule has 1 aliphatic carbocycles. The zero-order valence-electron chi connectivity index (χ0n) is 33.5. The second-order valence-corrected chi connectivity index (χ2v) is 17.0. The zero-order valence-corrected chi connectivity index (χ0v) is 35.9. The van der Waals surface area contributed by atoms with E-state index < -0.39 is 0 Å². The molecule has 1 radical (unpaired) electrons. The van der Waals surface area contributed by atoms with Gasteiger partial charge in [0.15, 0.2) is 5.78 Å². The summed E-state index contributed by atoms with van der Waals surface area (Å²) in [7, 11) is 0. The van der Waals surface area contributed by atoms with Gasteiger partial charge in [0.2, 0.25) is 0 Å². The number of fused-ring (bicyclic) bond motifs is 3. The normalized spacial score (nSPS) is 17.5. The molecule has 1 N–H and O–H groups in total. The van der Waals surface area contributed by atoms with Crippen LogP contribution in [0.5, 0.6) is 11.5 Å². The summed E-state index contributed by atoms with van der Waals surface area (Å²) in [6, 6.07) is 19.1. The third kappa shape index (κ3) is 8.68. The molecule has 1 aromatic heterocycles. The molecule has 4 aromatic rings. The average Bonchev–Trinajstić information content (AvgIpc) is 3.14. The van der Waals surface area contributed by atoms with Gasteiger partial charge in [-0.25, -0.2) is 0 Å². The van der Waals surface area contributed by atoms with E-state index in [1.165, 1.54) is 60.1 Å². The van der Waals surface area contributed by atoms with Gasteiger partial charge in [-0.3, -0.25) is 9.78 Å². The third-order valence-electron chi connectivity index (χ3n) is 12.5. The summed E-state index contributed by atoms with van der Waals surface area (Å²) in [4.78, 5) is 17.1. The summed E-state index contributed by atoms with van der Waals surface area (Å²) in [5.74, 6) is 3.74. The van der Waals surface area contributed by atoms with Crippen LogP contribution in [0.25, 0.3) is 32.8 Å². The minimum Gasteiger partial charge on any atom is -0.512 e. The van der Waals surface area contributed by atoms with Crippen LogP contribution >= 0.6 is 0 Å². The molecule has 1 aliphatic heterocycles. The van der Waals surface area contributed by atoms with Gasteiger partial charge in [0.1, 0.15) is 11.5 Å². The molecule has 1 saturated carbocycles. The Morgan fingerprint density at radius 1 is 0.904 bits per heavy atom. The van der Waals surface area contributed by atoms with E-state index in [1.807, 2.05) is 47.7 Å². The van der Waals surface area contributed by atoms with E-state index in [2.05, 4.69) is 76.2 Å². The summed E-state index contributed by atoms with van der Waals surface area (Å²) in [6.07, 6.45) is 14.2. The summed E-state index contributed by atoms with van der Waals surface area (Å²) < 4.78 is 6.84. The molecule has 0 amide bonds. The van der Waals surface area contributed by atoms with Crippen molar-refractivity contribution in [3.63, 3.8) is 0 Å². The molecule has 5 heteroatoms. The van der Waals surface area contributed by atoms with Gasteiger partial charge in [0.25, 0.3) is 0 Å². The minimum atomic E-state index is -0.337. The third-order valence-corrected chi connectivity index (χ3v) is 12.5. The maximum Gasteiger partial charge on any atom is 0.164 e. The van der Waals surface area contributed by atoms with Crippen LogP contribution in [-0.2, 0) is 31.3 Å². The summed E-state index contributed by atoms with van der Waals surface area (Å²) >= 11 is 0. The van der Waals surface area contributed by atoms with Crippen LogP contribution in [0.2, 0.25) is 0 Å². The topological polar surface area (TPSA) is 59.4 Å². The van der Waals surface area contributed by atoms with Gasteiger partial charge in [-0.2, -0.15) is 0 Å². The monoisotopic (exact) mass is 881 g/mol. The minimum absolute atomic E-state index is 0. The fourth-order valence-electron chi connectivity index (χ4n) is 7.81. The molecule has 6 rings (SSSR count). The van der Waals surface area contributed by atoms with Crippen LogP contribution in [0.15, 0.2) is 60.5 Å². The van der Waals surface area contributed by atoms with Crippen LogP contribution in [-0.4, -0.2) is 15.9 Å². The van der Waals surface area contributed by atoms with Crippen molar-refractivity contribution in [3.8, 4) is 22.8 Å². The second-order valence-electron chi connectivity index (χ2n) is 17.0. The zero-order chi connectivity index (χ0) is 37.1. The number of hydrogen-bond donors (Lipinski definition) is 1. The van der Waals surface area contributed by atoms with Gasteiger partial charge in [-0.1, -0.05) is 116 Å². The number of aromatic nitrogens is 1. The number of allylic oxidation sites excluding steroid dienone is 2. The van der Waals surface area contributed by atoms with Gasteiger partial charge in [-0.05, 0) is 98.1 Å². The number of carbonyl (C=O) groups excluding carboxylic acids is 1. The number of hydrogen-bond acceptors (Lipinski definition) is 4. The van der Waals surface area contributed by atoms with Crippen LogP contribution in [0.3, 0.4) is 0 Å². The molecule has 0 atom stereocenters. The molecule has 52 heavy (non-hydrogen) atoms. The van der Waals surface area contributed by atoms with Gasteiger partial charge < -0.3 is 9.84 Å². The quantitative estimate of drug-likeness (QED) is 0.0862. The molecule has 0 saturated heterocycles. The molecule has 0 bridgehead atoms. The van der Waals surface area contributed by atoms with Crippen LogP contribution in [0.1, 0.15) is 144 Å². The predicted molar refractivity (Wildman–Crippen MR) is 215 cm³/mol. The number of nitrogens with zero attached hydrogens (tertiary/aromatic N) is 1. The number of benzene rings is 3. The van der Waals surface area contributed by atoms with E-state index in [1.54, 1.807) is 0 Å². The Morgan fingerprint density at radius 3 is 2.13 bits per heavy atom. The van der Waals surface area contributed by atoms with Crippen molar-refractivity contribution in [1.29, 1.82) is 0 Å². The van der Waals surface area contributed by atoms with Crippen molar-refractivity contribution in [2.75, 3.05) is 0 Å². The molecule has 1 fully saturated rings. The van der Waals surface area contributed by atoms with Crippen LogP contribution in [0, 0.1) is 28.2 Å². The molecule has 2 aliphatic rings. The Morgan fingerprint density at radius 2 is 1.54 bits per heavy atom. The first-order valence-corrected chi connectivity index (χ1v) is 19.7. The molecule has 0 spiro atoms. The van der Waals surface area contributed by atoms with E-state index >= 15 is 0 Å². The van der Waals surface area contributed by atoms with E-state index in [4.69, 9.17) is 9.72 Å². The summed E-state index contributed by atoms with van der Waals surface area (Å²) in [5.41, 5.74) is 4.26. The van der Waals surface area contributed by atoms with Crippen LogP contribution in [0.4, 0.5) is 0 Å². The van der Waals surface area contributed by atoms with Crippen molar-refractivity contribution in [1.82, 2.24) is 4.98 Å². The van der Waals surface area contributed by atoms with E-state index in [-0.39, 0.29) is 47.9 Å². The first-order valence-electron chi connectivity index (χ1n) is 19.7. The van der Waals surface area contributed by atoms with Gasteiger partial charge in [0, 0.05) is 54.3 Å². The van der Waals surface area contributed by atoms with Crippen molar-refractivity contribution in [3.05, 3.63) is 77.7 Å². The molecular weight excluding hydrogens is 819 g/mol. The van der Waals surface area contributed by atoms with Crippen LogP contribution < -0.4 is 4.74 Å². The van der Waals surface area contributed by atoms with Gasteiger partial charge in [-0.15, -0.1) is 17.5 Å². The van der Waals surface area contributed by atoms with Crippen molar-refractivity contribution in [2.24, 2.45) is 22.2 Å². The maximum atomic E-state index is 12.2. The Labute approximate surface area is 327 Å². The number of carbonyl (C=O) groups is 1. The van der Waals surface area contributed by atoms with Crippen molar-refractivity contribution in [2.45, 2.75) is 139 Å². The number of pyridine rings is 1. The molecule has 283 valence electrons. The fraction of sp³-hybridized carbons (Fsp3) is 0.532. The Kier molecular flexibility index (Phi) is 13.6.